The maximum Gasteiger partial charge on any atom is 0.258 e. The first-order valence-corrected chi connectivity index (χ1v) is 9.41. The van der Waals surface area contributed by atoms with E-state index in [1.807, 2.05) is 13.8 Å². The lowest BCUT2D eigenvalue weighted by Crippen LogP contribution is -2.51. The number of rotatable bonds is 4. The van der Waals surface area contributed by atoms with Gasteiger partial charge in [0.15, 0.2) is 0 Å². The van der Waals surface area contributed by atoms with Gasteiger partial charge < -0.3 is 10.3 Å². The van der Waals surface area contributed by atoms with Crippen LogP contribution >= 0.6 is 0 Å². The van der Waals surface area contributed by atoms with Gasteiger partial charge in [0.05, 0.1) is 17.3 Å². The maximum atomic E-state index is 13.0. The van der Waals surface area contributed by atoms with Crippen LogP contribution in [-0.2, 0) is 16.4 Å². The van der Waals surface area contributed by atoms with E-state index in [0.717, 1.165) is 19.3 Å². The number of hydrogen-bond acceptors (Lipinski definition) is 6. The molecule has 126 valence electrons. The van der Waals surface area contributed by atoms with Crippen molar-refractivity contribution in [2.45, 2.75) is 56.5 Å². The van der Waals surface area contributed by atoms with Crippen LogP contribution in [-0.4, -0.2) is 41.5 Å². The number of piperidine rings is 1. The Labute approximate surface area is 135 Å². The molecular weight excluding hydrogens is 316 g/mol. The Kier molecular flexibility index (Phi) is 4.39. The standard InChI is InChI=1S/C15H22N4O3S/c1-3-13-12-8-11(9-17-15(12)22-18-13)23(20,21)19-7-5-4-6-14(19)10(2)16/h8-10,14H,3-7,16H2,1-2H3. The molecule has 1 aliphatic heterocycles. The lowest BCUT2D eigenvalue weighted by molar-refractivity contribution is 0.227. The van der Waals surface area contributed by atoms with Crippen LogP contribution in [0.2, 0.25) is 0 Å². The van der Waals surface area contributed by atoms with E-state index in [1.165, 1.54) is 10.5 Å². The second-order valence-electron chi connectivity index (χ2n) is 6.04. The summed E-state index contributed by atoms with van der Waals surface area (Å²) in [5.41, 5.74) is 7.08. The van der Waals surface area contributed by atoms with Gasteiger partial charge in [0.2, 0.25) is 10.0 Å². The normalized spacial score (nSPS) is 21.6. The van der Waals surface area contributed by atoms with Crippen molar-refractivity contribution < 1.29 is 12.9 Å². The molecule has 0 aromatic carbocycles. The van der Waals surface area contributed by atoms with E-state index >= 15 is 0 Å². The molecule has 0 radical (unpaired) electrons. The second kappa shape index (κ2) is 6.18. The minimum atomic E-state index is -3.63. The number of nitrogens with two attached hydrogens (primary N) is 1. The van der Waals surface area contributed by atoms with Crippen LogP contribution in [0.5, 0.6) is 0 Å². The van der Waals surface area contributed by atoms with Crippen LogP contribution < -0.4 is 5.73 Å². The predicted molar refractivity (Wildman–Crippen MR) is 86.4 cm³/mol. The molecule has 0 saturated carbocycles. The van der Waals surface area contributed by atoms with E-state index in [-0.39, 0.29) is 17.0 Å². The van der Waals surface area contributed by atoms with E-state index in [9.17, 15) is 8.42 Å². The molecule has 2 N–H and O–H groups in total. The summed E-state index contributed by atoms with van der Waals surface area (Å²) >= 11 is 0. The average molecular weight is 338 g/mol. The molecule has 0 amide bonds. The van der Waals surface area contributed by atoms with Gasteiger partial charge >= 0.3 is 0 Å². The molecular formula is C15H22N4O3S. The number of nitrogens with zero attached hydrogens (tertiary/aromatic N) is 3. The molecule has 1 saturated heterocycles. The van der Waals surface area contributed by atoms with Crippen LogP contribution in [0.1, 0.15) is 38.8 Å². The van der Waals surface area contributed by atoms with Crippen molar-refractivity contribution in [3.63, 3.8) is 0 Å². The van der Waals surface area contributed by atoms with E-state index < -0.39 is 10.0 Å². The molecule has 2 aromatic rings. The molecule has 7 nitrogen and oxygen atoms in total. The smallest absolute Gasteiger partial charge is 0.258 e. The SMILES string of the molecule is CCc1noc2ncc(S(=O)(=O)N3CCCCC3C(C)N)cc12. The molecule has 2 unspecified atom stereocenters. The summed E-state index contributed by atoms with van der Waals surface area (Å²) in [6.45, 7) is 4.29. The minimum absolute atomic E-state index is 0.169. The Hall–Kier alpha value is -1.51. The quantitative estimate of drug-likeness (QED) is 0.910. The first kappa shape index (κ1) is 16.4. The summed E-state index contributed by atoms with van der Waals surface area (Å²) in [5, 5.41) is 4.58. The highest BCUT2D eigenvalue weighted by Gasteiger charge is 2.35. The highest BCUT2D eigenvalue weighted by atomic mass is 32.2. The van der Waals surface area contributed by atoms with E-state index in [0.29, 0.717) is 29.8 Å². The molecule has 0 bridgehead atoms. The third kappa shape index (κ3) is 2.86. The van der Waals surface area contributed by atoms with Gasteiger partial charge in [-0.25, -0.2) is 13.4 Å². The molecule has 0 aliphatic carbocycles. The van der Waals surface area contributed by atoms with Gasteiger partial charge in [0.25, 0.3) is 5.71 Å². The minimum Gasteiger partial charge on any atom is -0.336 e. The van der Waals surface area contributed by atoms with Crippen LogP contribution in [0.3, 0.4) is 0 Å². The van der Waals surface area contributed by atoms with Gasteiger partial charge in [-0.1, -0.05) is 18.5 Å². The van der Waals surface area contributed by atoms with E-state index in [2.05, 4.69) is 10.1 Å². The third-order valence-corrected chi connectivity index (χ3v) is 6.32. The molecule has 3 rings (SSSR count). The molecule has 2 atom stereocenters. The van der Waals surface area contributed by atoms with Gasteiger partial charge in [-0.2, -0.15) is 4.31 Å². The second-order valence-corrected chi connectivity index (χ2v) is 7.94. The third-order valence-electron chi connectivity index (χ3n) is 4.43. The van der Waals surface area contributed by atoms with Crippen molar-refractivity contribution in [3.05, 3.63) is 18.0 Å². The monoisotopic (exact) mass is 338 g/mol. The Balaban J connectivity index is 2.04. The molecule has 1 aliphatic rings. The Bertz CT molecular complexity index is 800. The topological polar surface area (TPSA) is 102 Å². The summed E-state index contributed by atoms with van der Waals surface area (Å²) in [6.07, 6.45) is 4.65. The Morgan fingerprint density at radius 2 is 2.26 bits per heavy atom. The zero-order valence-electron chi connectivity index (χ0n) is 13.4. The van der Waals surface area contributed by atoms with Crippen molar-refractivity contribution in [1.82, 2.24) is 14.4 Å². The summed E-state index contributed by atoms with van der Waals surface area (Å²) in [5.74, 6) is 0. The fraction of sp³-hybridized carbons (Fsp3) is 0.600. The van der Waals surface area contributed by atoms with Gasteiger partial charge in [-0.15, -0.1) is 0 Å². The van der Waals surface area contributed by atoms with Crippen LogP contribution in [0.15, 0.2) is 21.7 Å². The average Bonchev–Trinajstić information content (AvgIpc) is 2.97. The zero-order valence-corrected chi connectivity index (χ0v) is 14.2. The number of aromatic nitrogens is 2. The summed E-state index contributed by atoms with van der Waals surface area (Å²) in [7, 11) is -3.63. The molecule has 2 aromatic heterocycles. The summed E-state index contributed by atoms with van der Waals surface area (Å²) < 4.78 is 32.7. The summed E-state index contributed by atoms with van der Waals surface area (Å²) in [4.78, 5) is 4.29. The fourth-order valence-corrected chi connectivity index (χ4v) is 4.89. The number of hydrogen-bond donors (Lipinski definition) is 1. The van der Waals surface area contributed by atoms with Crippen LogP contribution in [0.4, 0.5) is 0 Å². The largest absolute Gasteiger partial charge is 0.336 e. The molecule has 23 heavy (non-hydrogen) atoms. The molecule has 1 fully saturated rings. The van der Waals surface area contributed by atoms with Crippen molar-refractivity contribution in [1.29, 1.82) is 0 Å². The van der Waals surface area contributed by atoms with Gasteiger partial charge in [-0.05, 0) is 32.3 Å². The predicted octanol–water partition coefficient (Wildman–Crippen LogP) is 1.68. The molecule has 3 heterocycles. The highest BCUT2D eigenvalue weighted by molar-refractivity contribution is 7.89. The molecule has 0 spiro atoms. The van der Waals surface area contributed by atoms with Gasteiger partial charge in [0.1, 0.15) is 4.90 Å². The zero-order chi connectivity index (χ0) is 16.6. The van der Waals surface area contributed by atoms with Crippen molar-refractivity contribution in [2.75, 3.05) is 6.54 Å². The number of fused-ring (bicyclic) bond motifs is 1. The highest BCUT2D eigenvalue weighted by Crippen LogP contribution is 2.28. The maximum absolute atomic E-state index is 13.0. The van der Waals surface area contributed by atoms with E-state index in [4.69, 9.17) is 10.3 Å². The fourth-order valence-electron chi connectivity index (χ4n) is 3.15. The van der Waals surface area contributed by atoms with Crippen molar-refractivity contribution >= 4 is 21.1 Å². The Morgan fingerprint density at radius 3 is 2.96 bits per heavy atom. The van der Waals surface area contributed by atoms with Gasteiger partial charge in [0, 0.05) is 18.6 Å². The lowest BCUT2D eigenvalue weighted by Gasteiger charge is -2.36. The Morgan fingerprint density at radius 1 is 1.48 bits per heavy atom. The lowest BCUT2D eigenvalue weighted by atomic mass is 10.00. The van der Waals surface area contributed by atoms with Crippen LogP contribution in [0, 0.1) is 0 Å². The van der Waals surface area contributed by atoms with E-state index in [1.54, 1.807) is 6.07 Å². The first-order chi connectivity index (χ1) is 10.9. The summed E-state index contributed by atoms with van der Waals surface area (Å²) in [6, 6.07) is 1.24. The van der Waals surface area contributed by atoms with Crippen molar-refractivity contribution in [3.8, 4) is 0 Å². The van der Waals surface area contributed by atoms with Gasteiger partial charge in [-0.3, -0.25) is 0 Å². The number of pyridine rings is 1. The van der Waals surface area contributed by atoms with Crippen LogP contribution in [0.25, 0.3) is 11.1 Å². The van der Waals surface area contributed by atoms with Crippen molar-refractivity contribution in [2.24, 2.45) is 5.73 Å². The first-order valence-electron chi connectivity index (χ1n) is 7.97. The number of sulfonamides is 1. The number of aryl methyl sites for hydroxylation is 1. The molecule has 8 heteroatoms.